The molecule has 0 saturated heterocycles. The van der Waals surface area contributed by atoms with E-state index in [1.165, 1.54) is 0 Å². The molecule has 2 rings (SSSR count). The van der Waals surface area contributed by atoms with Crippen LogP contribution in [-0.4, -0.2) is 13.4 Å². The minimum Gasteiger partial charge on any atom is -0.549 e. The van der Waals surface area contributed by atoms with Gasteiger partial charge in [-0.1, -0.05) is 58.4 Å². The molecule has 1 aliphatic carbocycles. The molecule has 1 fully saturated rings. The van der Waals surface area contributed by atoms with Gasteiger partial charge in [0.2, 0.25) is 8.32 Å². The van der Waals surface area contributed by atoms with Gasteiger partial charge < -0.3 is 9.53 Å². The van der Waals surface area contributed by atoms with Gasteiger partial charge in [0.25, 0.3) is 0 Å². The van der Waals surface area contributed by atoms with E-state index in [2.05, 4.69) is 47.7 Å². The van der Waals surface area contributed by atoms with Gasteiger partial charge in [0, 0.05) is 5.02 Å². The van der Waals surface area contributed by atoms with Crippen LogP contribution in [0.15, 0.2) is 36.1 Å². The van der Waals surface area contributed by atoms with Crippen molar-refractivity contribution in [3.05, 3.63) is 46.7 Å². The van der Waals surface area contributed by atoms with Gasteiger partial charge in [0.15, 0.2) is 0 Å². The van der Waals surface area contributed by atoms with Crippen LogP contribution >= 0.6 is 11.6 Å². The van der Waals surface area contributed by atoms with Crippen LogP contribution in [0.3, 0.4) is 0 Å². The van der Waals surface area contributed by atoms with E-state index in [0.29, 0.717) is 11.4 Å². The summed E-state index contributed by atoms with van der Waals surface area (Å²) in [6.07, 6.45) is 4.39. The van der Waals surface area contributed by atoms with Crippen molar-refractivity contribution in [2.24, 2.45) is 5.41 Å². The van der Waals surface area contributed by atoms with Crippen molar-refractivity contribution < 1.29 is 9.53 Å². The van der Waals surface area contributed by atoms with Gasteiger partial charge in [-0.05, 0) is 66.1 Å². The zero-order valence-corrected chi connectivity index (χ0v) is 18.5. The summed E-state index contributed by atoms with van der Waals surface area (Å²) in [6.45, 7) is 15.7. The van der Waals surface area contributed by atoms with Crippen LogP contribution in [0.5, 0.6) is 0 Å². The van der Waals surface area contributed by atoms with Crippen molar-refractivity contribution in [1.82, 2.24) is 0 Å². The number of hydrogen-bond acceptors (Lipinski definition) is 2. The number of aliphatic hydroxyl groups is 1. The first kappa shape index (κ1) is 20.5. The molecule has 0 heterocycles. The van der Waals surface area contributed by atoms with Crippen LogP contribution < -0.4 is 0 Å². The average molecular weight is 381 g/mol. The average Bonchev–Trinajstić information content (AvgIpc) is 2.48. The van der Waals surface area contributed by atoms with Crippen LogP contribution in [0.2, 0.25) is 23.2 Å². The van der Waals surface area contributed by atoms with Crippen molar-refractivity contribution in [1.29, 1.82) is 0 Å². The second kappa shape index (κ2) is 6.75. The summed E-state index contributed by atoms with van der Waals surface area (Å²) in [5, 5.41) is 12.4. The van der Waals surface area contributed by atoms with Crippen molar-refractivity contribution in [2.75, 3.05) is 0 Å². The maximum Gasteiger partial charge on any atom is 0.249 e. The topological polar surface area (TPSA) is 29.5 Å². The number of rotatable bonds is 3. The van der Waals surface area contributed by atoms with Crippen LogP contribution in [0, 0.1) is 5.41 Å². The highest BCUT2D eigenvalue weighted by molar-refractivity contribution is 6.74. The minimum atomic E-state index is -1.92. The summed E-state index contributed by atoms with van der Waals surface area (Å²) in [7, 11) is -1.92. The Hall–Kier alpha value is -0.773. The molecular weight excluding hydrogens is 348 g/mol. The SMILES string of the molecule is CC1(C)CCC(O)(c2ccc(Cl)cc2)C(=CO[Si](C)(C)C(C)(C)C)C1. The van der Waals surface area contributed by atoms with E-state index in [1.807, 2.05) is 30.5 Å². The Morgan fingerprint density at radius 3 is 2.20 bits per heavy atom. The molecule has 1 atom stereocenters. The van der Waals surface area contributed by atoms with Gasteiger partial charge in [-0.25, -0.2) is 0 Å². The van der Waals surface area contributed by atoms with E-state index in [1.54, 1.807) is 0 Å². The van der Waals surface area contributed by atoms with Crippen molar-refractivity contribution in [2.45, 2.75) is 77.6 Å². The molecule has 0 radical (unpaired) electrons. The molecule has 1 aromatic rings. The fourth-order valence-corrected chi connectivity index (χ4v) is 3.94. The van der Waals surface area contributed by atoms with E-state index in [0.717, 1.165) is 24.0 Å². The first-order valence-corrected chi connectivity index (χ1v) is 12.4. The molecule has 0 spiro atoms. The van der Waals surface area contributed by atoms with E-state index < -0.39 is 13.9 Å². The Bertz CT molecular complexity index is 641. The lowest BCUT2D eigenvalue weighted by atomic mass is 9.66. The molecule has 0 aliphatic heterocycles. The molecule has 2 nitrogen and oxygen atoms in total. The number of hydrogen-bond donors (Lipinski definition) is 1. The molecule has 25 heavy (non-hydrogen) atoms. The Labute approximate surface area is 159 Å². The van der Waals surface area contributed by atoms with E-state index in [9.17, 15) is 5.11 Å². The molecule has 0 amide bonds. The normalized spacial score (nSPS) is 25.9. The fourth-order valence-electron chi connectivity index (χ4n) is 3.02. The lowest BCUT2D eigenvalue weighted by Crippen LogP contribution is -2.41. The van der Waals surface area contributed by atoms with Crippen LogP contribution in [0.4, 0.5) is 0 Å². The zero-order valence-electron chi connectivity index (χ0n) is 16.7. The van der Waals surface area contributed by atoms with Crippen LogP contribution in [-0.2, 0) is 10.0 Å². The molecule has 1 unspecified atom stereocenters. The molecule has 0 bridgehead atoms. The van der Waals surface area contributed by atoms with Crippen molar-refractivity contribution in [3.8, 4) is 0 Å². The summed E-state index contributed by atoms with van der Waals surface area (Å²) in [6, 6.07) is 7.56. The van der Waals surface area contributed by atoms with Crippen LogP contribution in [0.1, 0.15) is 59.4 Å². The molecule has 1 N–H and O–H groups in total. The van der Waals surface area contributed by atoms with Gasteiger partial charge in [-0.15, -0.1) is 0 Å². The lowest BCUT2D eigenvalue weighted by molar-refractivity contribution is 0.0183. The maximum atomic E-state index is 11.5. The van der Waals surface area contributed by atoms with Gasteiger partial charge in [-0.3, -0.25) is 0 Å². The Morgan fingerprint density at radius 2 is 1.68 bits per heavy atom. The van der Waals surface area contributed by atoms with E-state index in [4.69, 9.17) is 16.0 Å². The van der Waals surface area contributed by atoms with Gasteiger partial charge in [0.1, 0.15) is 5.60 Å². The van der Waals surface area contributed by atoms with E-state index >= 15 is 0 Å². The third-order valence-corrected chi connectivity index (χ3v) is 10.6. The lowest BCUT2D eigenvalue weighted by Gasteiger charge is -2.43. The third kappa shape index (κ3) is 4.50. The molecule has 140 valence electrons. The first-order valence-electron chi connectivity index (χ1n) is 9.13. The smallest absolute Gasteiger partial charge is 0.249 e. The molecule has 1 saturated carbocycles. The predicted octanol–water partition coefficient (Wildman–Crippen LogP) is 6.64. The molecular formula is C21H33ClO2Si. The second-order valence-electron chi connectivity index (χ2n) is 9.73. The standard InChI is InChI=1S/C21H33ClO2Si/c1-19(2,3)25(6,7)24-15-17-14-20(4,5)12-13-21(17,23)16-8-10-18(22)11-9-16/h8-11,15,23H,12-14H2,1-7H3. The molecule has 4 heteroatoms. The van der Waals surface area contributed by atoms with Gasteiger partial charge in [0.05, 0.1) is 6.26 Å². The monoisotopic (exact) mass is 380 g/mol. The molecule has 0 aromatic heterocycles. The van der Waals surface area contributed by atoms with Gasteiger partial charge >= 0.3 is 0 Å². The summed E-state index contributed by atoms with van der Waals surface area (Å²) in [4.78, 5) is 0. The highest BCUT2D eigenvalue weighted by Crippen LogP contribution is 2.49. The Kier molecular flexibility index (Phi) is 5.55. The van der Waals surface area contributed by atoms with E-state index in [-0.39, 0.29) is 10.5 Å². The maximum absolute atomic E-state index is 11.5. The Balaban J connectivity index is 2.41. The highest BCUT2D eigenvalue weighted by Gasteiger charge is 2.44. The third-order valence-electron chi connectivity index (χ3n) is 5.99. The number of benzene rings is 1. The first-order chi connectivity index (χ1) is 11.3. The van der Waals surface area contributed by atoms with Crippen molar-refractivity contribution >= 4 is 19.9 Å². The molecule has 1 aliphatic rings. The summed E-state index contributed by atoms with van der Waals surface area (Å²) < 4.78 is 6.36. The zero-order chi connectivity index (χ0) is 19.1. The number of halogens is 1. The molecule has 1 aromatic carbocycles. The predicted molar refractivity (Wildman–Crippen MR) is 109 cm³/mol. The second-order valence-corrected chi connectivity index (χ2v) is 14.9. The van der Waals surface area contributed by atoms with Crippen LogP contribution in [0.25, 0.3) is 0 Å². The summed E-state index contributed by atoms with van der Waals surface area (Å²) in [5.41, 5.74) is 1.08. The fraction of sp³-hybridized carbons (Fsp3) is 0.619. The minimum absolute atomic E-state index is 0.132. The van der Waals surface area contributed by atoms with Crippen molar-refractivity contribution in [3.63, 3.8) is 0 Å². The largest absolute Gasteiger partial charge is 0.549 e. The summed E-state index contributed by atoms with van der Waals surface area (Å²) >= 11 is 6.03. The quantitative estimate of drug-likeness (QED) is 0.470. The summed E-state index contributed by atoms with van der Waals surface area (Å²) in [5.74, 6) is 0. The Morgan fingerprint density at radius 1 is 1.12 bits per heavy atom. The highest BCUT2D eigenvalue weighted by atomic mass is 35.5. The van der Waals surface area contributed by atoms with Gasteiger partial charge in [-0.2, -0.15) is 0 Å².